The maximum atomic E-state index is 11.4. The molecule has 0 aliphatic carbocycles. The third kappa shape index (κ3) is 6.38. The summed E-state index contributed by atoms with van der Waals surface area (Å²) >= 11 is 0. The minimum absolute atomic E-state index is 0.160. The van der Waals surface area contributed by atoms with Crippen molar-refractivity contribution in [1.29, 1.82) is 0 Å². The van der Waals surface area contributed by atoms with E-state index in [1.165, 1.54) is 31.4 Å². The maximum Gasteiger partial charge on any atom is 0.331 e. The number of hydrogen-bond donors (Lipinski definition) is 1. The second-order valence-electron chi connectivity index (χ2n) is 4.11. The minimum atomic E-state index is -0.851. The third-order valence-electron chi connectivity index (χ3n) is 2.54. The summed E-state index contributed by atoms with van der Waals surface area (Å²) < 4.78 is 8.95. The second kappa shape index (κ2) is 8.93. The number of nitro benzene ring substituents is 1. The number of nitrogens with zero attached hydrogens (tertiary/aromatic N) is 1. The zero-order chi connectivity index (χ0) is 17.2. The van der Waals surface area contributed by atoms with Gasteiger partial charge in [0.1, 0.15) is 6.54 Å². The molecule has 0 saturated carbocycles. The van der Waals surface area contributed by atoms with E-state index in [9.17, 15) is 24.5 Å². The lowest BCUT2D eigenvalue weighted by Gasteiger charge is -2.03. The Bertz CT molecular complexity index is 640. The van der Waals surface area contributed by atoms with Crippen molar-refractivity contribution in [2.24, 2.45) is 0 Å². The van der Waals surface area contributed by atoms with Gasteiger partial charge in [-0.3, -0.25) is 19.7 Å². The van der Waals surface area contributed by atoms with E-state index in [0.717, 1.165) is 6.08 Å². The summed E-state index contributed by atoms with van der Waals surface area (Å²) in [4.78, 5) is 43.7. The molecule has 1 aromatic rings. The summed E-state index contributed by atoms with van der Waals surface area (Å²) in [5, 5.41) is 13.0. The molecule has 0 aliphatic rings. The van der Waals surface area contributed by atoms with Crippen molar-refractivity contribution in [3.05, 3.63) is 46.0 Å². The number of ether oxygens (including phenoxy) is 2. The molecule has 0 atom stereocenters. The summed E-state index contributed by atoms with van der Waals surface area (Å²) in [6.07, 6.45) is 2.18. The summed E-state index contributed by atoms with van der Waals surface area (Å²) in [5.41, 5.74) is 0.0666. The SMILES string of the molecule is COC(=O)CNC(=O)COC(=O)/C=C/c1ccccc1[N+](=O)[O-]. The first-order chi connectivity index (χ1) is 10.9. The van der Waals surface area contributed by atoms with E-state index in [1.54, 1.807) is 6.07 Å². The first-order valence-electron chi connectivity index (χ1n) is 6.35. The number of methoxy groups -OCH3 is 1. The van der Waals surface area contributed by atoms with E-state index in [2.05, 4.69) is 14.8 Å². The van der Waals surface area contributed by atoms with Gasteiger partial charge >= 0.3 is 11.9 Å². The minimum Gasteiger partial charge on any atom is -0.468 e. The second-order valence-corrected chi connectivity index (χ2v) is 4.11. The molecule has 9 nitrogen and oxygen atoms in total. The fraction of sp³-hybridized carbons (Fsp3) is 0.214. The molecular formula is C14H14N2O7. The van der Waals surface area contributed by atoms with E-state index in [0.29, 0.717) is 0 Å². The molecule has 9 heteroatoms. The Hall–Kier alpha value is -3.23. The van der Waals surface area contributed by atoms with Crippen LogP contribution < -0.4 is 5.32 Å². The molecule has 0 aliphatic heterocycles. The Balaban J connectivity index is 2.49. The highest BCUT2D eigenvalue weighted by atomic mass is 16.6. The van der Waals surface area contributed by atoms with Crippen LogP contribution in [0.2, 0.25) is 0 Å². The lowest BCUT2D eigenvalue weighted by molar-refractivity contribution is -0.385. The highest BCUT2D eigenvalue weighted by Gasteiger charge is 2.11. The van der Waals surface area contributed by atoms with Crippen molar-refractivity contribution in [3.63, 3.8) is 0 Å². The molecule has 0 saturated heterocycles. The predicted octanol–water partition coefficient (Wildman–Crippen LogP) is 0.440. The number of carbonyl (C=O) groups excluding carboxylic acids is 3. The van der Waals surface area contributed by atoms with Gasteiger partial charge < -0.3 is 14.8 Å². The maximum absolute atomic E-state index is 11.4. The lowest BCUT2D eigenvalue weighted by Crippen LogP contribution is -2.33. The average Bonchev–Trinajstić information content (AvgIpc) is 2.55. The van der Waals surface area contributed by atoms with Crippen LogP contribution in [0.1, 0.15) is 5.56 Å². The molecule has 0 bridgehead atoms. The van der Waals surface area contributed by atoms with Crippen molar-refractivity contribution in [1.82, 2.24) is 5.32 Å². The van der Waals surface area contributed by atoms with Crippen molar-refractivity contribution in [2.45, 2.75) is 0 Å². The van der Waals surface area contributed by atoms with E-state index in [4.69, 9.17) is 0 Å². The number of nitro groups is 1. The molecule has 1 rings (SSSR count). The summed E-state index contributed by atoms with van der Waals surface area (Å²) in [7, 11) is 1.17. The molecule has 0 unspecified atom stereocenters. The smallest absolute Gasteiger partial charge is 0.331 e. The lowest BCUT2D eigenvalue weighted by atomic mass is 10.1. The Morgan fingerprint density at radius 1 is 1.30 bits per heavy atom. The van der Waals surface area contributed by atoms with Crippen LogP contribution in [0.4, 0.5) is 5.69 Å². The van der Waals surface area contributed by atoms with E-state index < -0.39 is 29.4 Å². The largest absolute Gasteiger partial charge is 0.468 e. The van der Waals surface area contributed by atoms with Crippen LogP contribution in [0.15, 0.2) is 30.3 Å². The highest BCUT2D eigenvalue weighted by Crippen LogP contribution is 2.18. The van der Waals surface area contributed by atoms with E-state index >= 15 is 0 Å². The number of amides is 1. The van der Waals surface area contributed by atoms with Crippen LogP contribution in [-0.2, 0) is 23.9 Å². The molecule has 0 radical (unpaired) electrons. The number of para-hydroxylation sites is 1. The van der Waals surface area contributed by atoms with Crippen LogP contribution in [0.5, 0.6) is 0 Å². The van der Waals surface area contributed by atoms with E-state index in [-0.39, 0.29) is 17.8 Å². The normalized spacial score (nSPS) is 10.1. The Labute approximate surface area is 131 Å². The van der Waals surface area contributed by atoms with Gasteiger partial charge in [-0.25, -0.2) is 4.79 Å². The number of benzene rings is 1. The van der Waals surface area contributed by atoms with Gasteiger partial charge in [0, 0.05) is 12.1 Å². The first kappa shape index (κ1) is 17.8. The molecule has 122 valence electrons. The van der Waals surface area contributed by atoms with Crippen LogP contribution >= 0.6 is 0 Å². The van der Waals surface area contributed by atoms with Gasteiger partial charge in [-0.2, -0.15) is 0 Å². The predicted molar refractivity (Wildman–Crippen MR) is 78.1 cm³/mol. The van der Waals surface area contributed by atoms with Gasteiger partial charge in [0.05, 0.1) is 17.6 Å². The van der Waals surface area contributed by atoms with Gasteiger partial charge in [0.25, 0.3) is 11.6 Å². The molecule has 1 amide bonds. The summed E-state index contributed by atoms with van der Waals surface area (Å²) in [6.45, 7) is -0.921. The standard InChI is InChI=1S/C14H14N2O7/c1-22-14(19)8-15-12(17)9-23-13(18)7-6-10-4-2-3-5-11(10)16(20)21/h2-7H,8-9H2,1H3,(H,15,17)/b7-6+. The van der Waals surface area contributed by atoms with Gasteiger partial charge in [0.2, 0.25) is 0 Å². The summed E-state index contributed by atoms with van der Waals surface area (Å²) in [6, 6.07) is 5.84. The highest BCUT2D eigenvalue weighted by molar-refractivity contribution is 5.90. The Morgan fingerprint density at radius 3 is 2.65 bits per heavy atom. The summed E-state index contributed by atoms with van der Waals surface area (Å²) in [5.74, 6) is -2.17. The number of rotatable bonds is 7. The van der Waals surface area contributed by atoms with Crippen molar-refractivity contribution in [3.8, 4) is 0 Å². The zero-order valence-corrected chi connectivity index (χ0v) is 12.2. The van der Waals surface area contributed by atoms with Crippen molar-refractivity contribution >= 4 is 29.6 Å². The van der Waals surface area contributed by atoms with Crippen LogP contribution in [0.3, 0.4) is 0 Å². The van der Waals surface area contributed by atoms with Crippen LogP contribution in [0.25, 0.3) is 6.08 Å². The zero-order valence-electron chi connectivity index (χ0n) is 12.2. The molecule has 23 heavy (non-hydrogen) atoms. The molecule has 1 N–H and O–H groups in total. The van der Waals surface area contributed by atoms with Gasteiger partial charge in [-0.15, -0.1) is 0 Å². The van der Waals surface area contributed by atoms with Crippen LogP contribution in [-0.4, -0.2) is 43.0 Å². The topological polar surface area (TPSA) is 125 Å². The fourth-order valence-corrected chi connectivity index (χ4v) is 1.43. The van der Waals surface area contributed by atoms with Gasteiger partial charge in [0.15, 0.2) is 6.61 Å². The van der Waals surface area contributed by atoms with Crippen LogP contribution in [0, 0.1) is 10.1 Å². The Kier molecular flexibility index (Phi) is 6.92. The molecule has 0 spiro atoms. The monoisotopic (exact) mass is 322 g/mol. The molecule has 0 heterocycles. The number of hydrogen-bond acceptors (Lipinski definition) is 7. The molecule has 1 aromatic carbocycles. The number of carbonyl (C=O) groups is 3. The van der Waals surface area contributed by atoms with Crippen molar-refractivity contribution in [2.75, 3.05) is 20.3 Å². The average molecular weight is 322 g/mol. The van der Waals surface area contributed by atoms with Gasteiger partial charge in [-0.1, -0.05) is 12.1 Å². The van der Waals surface area contributed by atoms with Crippen molar-refractivity contribution < 1.29 is 28.8 Å². The number of esters is 2. The fourth-order valence-electron chi connectivity index (χ4n) is 1.43. The van der Waals surface area contributed by atoms with Gasteiger partial charge in [-0.05, 0) is 12.1 Å². The molecular weight excluding hydrogens is 308 g/mol. The third-order valence-corrected chi connectivity index (χ3v) is 2.54. The number of nitrogens with one attached hydrogen (secondary N) is 1. The Morgan fingerprint density at radius 2 is 2.00 bits per heavy atom. The van der Waals surface area contributed by atoms with E-state index in [1.807, 2.05) is 0 Å². The first-order valence-corrected chi connectivity index (χ1v) is 6.35. The molecule has 0 fully saturated rings. The molecule has 0 aromatic heterocycles. The quantitative estimate of drug-likeness (QED) is 0.334.